The van der Waals surface area contributed by atoms with E-state index in [-0.39, 0.29) is 33.9 Å². The Bertz CT molecular complexity index is 742. The number of rotatable bonds is 19. The Hall–Kier alpha value is 4.02. The molecular weight excluding hydrogens is 837 g/mol. The molecule has 0 heterocycles. The van der Waals surface area contributed by atoms with Crippen molar-refractivity contribution in [2.24, 2.45) is 23.2 Å². The zero-order valence-corrected chi connectivity index (χ0v) is 35.0. The van der Waals surface area contributed by atoms with E-state index in [0.717, 1.165) is 6.42 Å². The highest BCUT2D eigenvalue weighted by atomic mass is 35.5. The largest absolute Gasteiger partial charge is 0.361 e. The summed E-state index contributed by atoms with van der Waals surface area (Å²) < 4.78 is 5.64. The number of alkyl halides is 14. The average Bonchev–Trinajstić information content (AvgIpc) is 2.93. The van der Waals surface area contributed by atoms with Crippen LogP contribution >= 0.6 is 162 Å². The maximum Gasteiger partial charge on any atom is 0.148 e. The SMILES string of the molecule is CC(C)C(Cl)C(Cl)C(C)C(Cl)C(C)C(Cl)C(Cl)C(Cl)C(Cl)C(Cl)C(Cl)C(Cl)C(Cl)C(Cl)C(Cl)C(Cl)OCCC(C)(C)C. The summed E-state index contributed by atoms with van der Waals surface area (Å²) in [6, 6.07) is 0. The Morgan fingerprint density at radius 3 is 1.00 bits per heavy atom. The summed E-state index contributed by atoms with van der Waals surface area (Å²) in [5.74, 6) is -0.313. The smallest absolute Gasteiger partial charge is 0.148 e. The molecule has 0 aromatic heterocycles. The standard InChI is InChI=1S/C27H42Cl14O/c1-10(2)13(28)15(30)11(3)14(29)12(4)16(31)17(32)18(33)19(34)20(35)21(36)22(37)23(38)24(39)25(40)26(41)42-9-8-27(5,6)7/h10-26H,8-9H2,1-7H3. The third-order valence-electron chi connectivity index (χ3n) is 7.07. The second-order valence-corrected chi connectivity index (χ2v) is 19.3. The minimum Gasteiger partial charge on any atom is -0.361 e. The first kappa shape index (κ1) is 46.0. The average molecular weight is 879 g/mol. The number of hydrogen-bond donors (Lipinski definition) is 0. The van der Waals surface area contributed by atoms with Gasteiger partial charge in [0.15, 0.2) is 0 Å². The summed E-state index contributed by atoms with van der Waals surface area (Å²) in [7, 11) is 0. The maximum atomic E-state index is 6.78. The Kier molecular flexibility index (Phi) is 23.3. The zero-order valence-electron chi connectivity index (χ0n) is 24.4. The van der Waals surface area contributed by atoms with Crippen LogP contribution in [0.3, 0.4) is 0 Å². The summed E-state index contributed by atoms with van der Waals surface area (Å²) in [6.07, 6.45) is 0.775. The van der Waals surface area contributed by atoms with Gasteiger partial charge in [0.05, 0.1) is 64.5 Å². The van der Waals surface area contributed by atoms with Crippen molar-refractivity contribution in [2.75, 3.05) is 6.61 Å². The van der Waals surface area contributed by atoms with Crippen molar-refractivity contribution in [3.8, 4) is 0 Å². The molecule has 0 saturated heterocycles. The number of halogens is 14. The molecule has 16 atom stereocenters. The van der Waals surface area contributed by atoms with Crippen LogP contribution in [0, 0.1) is 23.2 Å². The molecule has 0 fully saturated rings. The summed E-state index contributed by atoms with van der Waals surface area (Å²) in [6.45, 7) is 14.4. The molecule has 0 saturated carbocycles. The van der Waals surface area contributed by atoms with E-state index in [1.807, 2.05) is 27.7 Å². The Labute approximate surface area is 324 Å². The molecule has 16 unspecified atom stereocenters. The van der Waals surface area contributed by atoms with Gasteiger partial charge < -0.3 is 4.74 Å². The molecule has 0 spiro atoms. The Balaban J connectivity index is 5.30. The molecule has 0 bridgehead atoms. The van der Waals surface area contributed by atoms with Gasteiger partial charge >= 0.3 is 0 Å². The molecule has 42 heavy (non-hydrogen) atoms. The van der Waals surface area contributed by atoms with Gasteiger partial charge in [0.2, 0.25) is 0 Å². The lowest BCUT2D eigenvalue weighted by atomic mass is 9.86. The van der Waals surface area contributed by atoms with Gasteiger partial charge in [-0.1, -0.05) is 60.1 Å². The highest BCUT2D eigenvalue weighted by molar-refractivity contribution is 6.44. The summed E-state index contributed by atoms with van der Waals surface area (Å²) in [4.78, 5) is 0. The molecule has 0 N–H and O–H groups in total. The van der Waals surface area contributed by atoms with E-state index in [2.05, 4.69) is 20.8 Å². The lowest BCUT2D eigenvalue weighted by Crippen LogP contribution is -2.48. The maximum absolute atomic E-state index is 6.78. The highest BCUT2D eigenvalue weighted by Crippen LogP contribution is 2.40. The molecule has 254 valence electrons. The van der Waals surface area contributed by atoms with Gasteiger partial charge in [-0.3, -0.25) is 0 Å². The van der Waals surface area contributed by atoms with Crippen LogP contribution in [0.2, 0.25) is 0 Å². The second kappa shape index (κ2) is 21.3. The van der Waals surface area contributed by atoms with Crippen molar-refractivity contribution in [1.29, 1.82) is 0 Å². The van der Waals surface area contributed by atoms with Crippen molar-refractivity contribution in [2.45, 2.75) is 130 Å². The first-order valence-electron chi connectivity index (χ1n) is 13.6. The van der Waals surface area contributed by atoms with Crippen LogP contribution in [0.4, 0.5) is 0 Å². The molecule has 1 nitrogen and oxygen atoms in total. The molecule has 0 radical (unpaired) electrons. The lowest BCUT2D eigenvalue weighted by molar-refractivity contribution is 0.0819. The predicted molar refractivity (Wildman–Crippen MR) is 198 cm³/mol. The van der Waals surface area contributed by atoms with Crippen LogP contribution in [0.1, 0.15) is 54.9 Å². The van der Waals surface area contributed by atoms with Gasteiger partial charge in [-0.05, 0) is 29.6 Å². The molecule has 0 aliphatic rings. The predicted octanol–water partition coefficient (Wildman–Crippen LogP) is 12.8. The van der Waals surface area contributed by atoms with Crippen molar-refractivity contribution in [3.63, 3.8) is 0 Å². The molecule has 0 aliphatic heterocycles. The van der Waals surface area contributed by atoms with Crippen LogP contribution in [0.15, 0.2) is 0 Å². The van der Waals surface area contributed by atoms with E-state index in [0.29, 0.717) is 6.61 Å². The first-order chi connectivity index (χ1) is 19.0. The molecule has 15 heteroatoms. The topological polar surface area (TPSA) is 9.23 Å². The first-order valence-corrected chi connectivity index (χ1v) is 19.7. The van der Waals surface area contributed by atoms with Gasteiger partial charge in [-0.2, -0.15) is 0 Å². The van der Waals surface area contributed by atoms with Gasteiger partial charge in [0.25, 0.3) is 0 Å². The van der Waals surface area contributed by atoms with Gasteiger partial charge in [-0.25, -0.2) is 0 Å². The van der Waals surface area contributed by atoms with E-state index in [1.165, 1.54) is 0 Å². The fourth-order valence-electron chi connectivity index (χ4n) is 3.90. The van der Waals surface area contributed by atoms with Gasteiger partial charge in [0.1, 0.15) is 5.56 Å². The van der Waals surface area contributed by atoms with Crippen molar-refractivity contribution >= 4 is 162 Å². The quantitative estimate of drug-likeness (QED) is 0.118. The van der Waals surface area contributed by atoms with Crippen LogP contribution < -0.4 is 0 Å². The van der Waals surface area contributed by atoms with Crippen LogP contribution in [0.25, 0.3) is 0 Å². The molecule has 0 amide bonds. The molecule has 0 aromatic carbocycles. The minimum atomic E-state index is -0.982. The third-order valence-corrected chi connectivity index (χ3v) is 16.6. The molecular formula is C27H42Cl14O. The van der Waals surface area contributed by atoms with Crippen molar-refractivity contribution in [3.05, 3.63) is 0 Å². The molecule has 0 rings (SSSR count). The lowest BCUT2D eigenvalue weighted by Gasteiger charge is -2.37. The van der Waals surface area contributed by atoms with Crippen LogP contribution in [0.5, 0.6) is 0 Å². The second-order valence-electron chi connectivity index (χ2n) is 12.3. The minimum absolute atomic E-state index is 0.0663. The summed E-state index contributed by atoms with van der Waals surface area (Å²) in [5, 5.41) is -10.2. The third kappa shape index (κ3) is 14.5. The van der Waals surface area contributed by atoms with Gasteiger partial charge in [-0.15, -0.1) is 151 Å². The van der Waals surface area contributed by atoms with Crippen LogP contribution in [-0.2, 0) is 4.74 Å². The zero-order chi connectivity index (χ0) is 33.4. The van der Waals surface area contributed by atoms with Gasteiger partial charge in [0, 0.05) is 12.0 Å². The Morgan fingerprint density at radius 2 is 0.690 bits per heavy atom. The summed E-state index contributed by atoms with van der Waals surface area (Å²) >= 11 is 92.4. The molecule has 0 aromatic rings. The van der Waals surface area contributed by atoms with E-state index in [9.17, 15) is 0 Å². The highest BCUT2D eigenvalue weighted by Gasteiger charge is 2.45. The number of ether oxygens (including phenoxy) is 1. The molecule has 0 aliphatic carbocycles. The fourth-order valence-corrected chi connectivity index (χ4v) is 9.05. The van der Waals surface area contributed by atoms with Crippen molar-refractivity contribution in [1.82, 2.24) is 0 Å². The monoisotopic (exact) mass is 872 g/mol. The van der Waals surface area contributed by atoms with E-state index >= 15 is 0 Å². The fraction of sp³-hybridized carbons (Fsp3) is 1.00. The van der Waals surface area contributed by atoms with E-state index in [4.69, 9.17) is 167 Å². The summed E-state index contributed by atoms with van der Waals surface area (Å²) in [5.41, 5.74) is -0.838. The Morgan fingerprint density at radius 1 is 0.405 bits per heavy atom. The normalized spacial score (nSPS) is 24.7. The number of hydrogen-bond acceptors (Lipinski definition) is 1. The van der Waals surface area contributed by atoms with Crippen molar-refractivity contribution < 1.29 is 4.74 Å². The van der Waals surface area contributed by atoms with E-state index in [1.54, 1.807) is 0 Å². The van der Waals surface area contributed by atoms with E-state index < -0.39 is 64.7 Å². The van der Waals surface area contributed by atoms with Crippen LogP contribution in [-0.4, -0.2) is 82.1 Å².